The first-order chi connectivity index (χ1) is 9.86. The summed E-state index contributed by atoms with van der Waals surface area (Å²) in [6.07, 6.45) is 1.59. The van der Waals surface area contributed by atoms with Gasteiger partial charge in [-0.25, -0.2) is 0 Å². The Morgan fingerprint density at radius 1 is 1.33 bits per heavy atom. The maximum absolute atomic E-state index is 12.7. The van der Waals surface area contributed by atoms with Gasteiger partial charge in [-0.15, -0.1) is 0 Å². The van der Waals surface area contributed by atoms with Crippen molar-refractivity contribution >= 4 is 11.9 Å². The van der Waals surface area contributed by atoms with E-state index in [0.717, 1.165) is 25.9 Å². The van der Waals surface area contributed by atoms with Gasteiger partial charge >= 0.3 is 5.97 Å². The number of carboxylic acid groups (broad SMARTS) is 1. The number of carboxylic acids is 1. The fraction of sp³-hybridized carbons (Fsp3) is 0.867. The average molecular weight is 299 g/mol. The van der Waals surface area contributed by atoms with Crippen LogP contribution >= 0.6 is 0 Å². The van der Waals surface area contributed by atoms with Crippen LogP contribution in [-0.2, 0) is 9.59 Å². The van der Waals surface area contributed by atoms with Crippen molar-refractivity contribution in [1.82, 2.24) is 15.1 Å². The van der Waals surface area contributed by atoms with Crippen LogP contribution in [0.5, 0.6) is 0 Å². The van der Waals surface area contributed by atoms with Gasteiger partial charge in [0.2, 0.25) is 5.91 Å². The van der Waals surface area contributed by atoms with Gasteiger partial charge in [-0.1, -0.05) is 20.8 Å². The van der Waals surface area contributed by atoms with Crippen molar-refractivity contribution in [2.75, 3.05) is 32.7 Å². The largest absolute Gasteiger partial charge is 0.480 e. The molecule has 0 unspecified atom stereocenters. The Labute approximate surface area is 127 Å². The molecule has 1 aliphatic rings. The number of aliphatic carboxylic acids is 1. The van der Waals surface area contributed by atoms with Crippen LogP contribution in [0.4, 0.5) is 0 Å². The quantitative estimate of drug-likeness (QED) is 0.693. The Morgan fingerprint density at radius 2 is 1.95 bits per heavy atom. The number of hydrogen-bond acceptors (Lipinski definition) is 4. The molecule has 6 nitrogen and oxygen atoms in total. The van der Waals surface area contributed by atoms with Crippen LogP contribution in [0, 0.1) is 0 Å². The summed E-state index contributed by atoms with van der Waals surface area (Å²) in [4.78, 5) is 27.4. The number of hydrogen-bond donors (Lipinski definition) is 2. The van der Waals surface area contributed by atoms with E-state index in [-0.39, 0.29) is 24.0 Å². The molecule has 0 spiro atoms. The second-order valence-corrected chi connectivity index (χ2v) is 5.96. The van der Waals surface area contributed by atoms with Crippen LogP contribution in [0.3, 0.4) is 0 Å². The number of likely N-dealkylation sites (tertiary alicyclic amines) is 1. The fourth-order valence-electron chi connectivity index (χ4n) is 3.05. The summed E-state index contributed by atoms with van der Waals surface area (Å²) in [6.45, 7) is 11.1. The van der Waals surface area contributed by atoms with Gasteiger partial charge in [-0.3, -0.25) is 19.8 Å². The average Bonchev–Trinajstić information content (AvgIpc) is 2.85. The van der Waals surface area contributed by atoms with E-state index >= 15 is 0 Å². The molecule has 1 fully saturated rings. The van der Waals surface area contributed by atoms with Gasteiger partial charge in [0.15, 0.2) is 0 Å². The summed E-state index contributed by atoms with van der Waals surface area (Å²) in [7, 11) is 0. The van der Waals surface area contributed by atoms with E-state index in [2.05, 4.69) is 24.1 Å². The number of nitrogens with one attached hydrogen (secondary N) is 1. The Hall–Kier alpha value is -1.14. The van der Waals surface area contributed by atoms with Crippen molar-refractivity contribution < 1.29 is 14.7 Å². The Bertz CT molecular complexity index is 371. The standard InChI is InChI=1S/C15H29N3O3/c1-5-12(17(6-2)7-3)14(21)18-9-8-15(4,11-18)16-10-13(19)20/h12,16H,5-11H2,1-4H3,(H,19,20)/t12-,15+/m0/s1. The predicted molar refractivity (Wildman–Crippen MR) is 82.2 cm³/mol. The van der Waals surface area contributed by atoms with Crippen LogP contribution in [0.2, 0.25) is 0 Å². The molecule has 1 saturated heterocycles. The number of carbonyl (C=O) groups excluding carboxylic acids is 1. The van der Waals surface area contributed by atoms with Gasteiger partial charge in [0.1, 0.15) is 0 Å². The highest BCUT2D eigenvalue weighted by Gasteiger charge is 2.38. The molecule has 1 amide bonds. The molecular weight excluding hydrogens is 270 g/mol. The second-order valence-electron chi connectivity index (χ2n) is 5.96. The zero-order valence-electron chi connectivity index (χ0n) is 13.7. The Balaban J connectivity index is 2.65. The lowest BCUT2D eigenvalue weighted by atomic mass is 10.0. The van der Waals surface area contributed by atoms with Crippen LogP contribution < -0.4 is 5.32 Å². The van der Waals surface area contributed by atoms with Gasteiger partial charge in [0, 0.05) is 18.6 Å². The van der Waals surface area contributed by atoms with Gasteiger partial charge in [-0.2, -0.15) is 0 Å². The minimum Gasteiger partial charge on any atom is -0.480 e. The SMILES string of the molecule is CC[C@@H](C(=O)N1CC[C@@](C)(NCC(=O)O)C1)N(CC)CC. The minimum atomic E-state index is -0.865. The Kier molecular flexibility index (Phi) is 6.61. The third kappa shape index (κ3) is 4.68. The number of likely N-dealkylation sites (N-methyl/N-ethyl adjacent to an activating group) is 1. The zero-order valence-corrected chi connectivity index (χ0v) is 13.7. The first-order valence-corrected chi connectivity index (χ1v) is 7.86. The van der Waals surface area contributed by atoms with Gasteiger partial charge in [0.05, 0.1) is 12.6 Å². The molecule has 0 aromatic heterocycles. The second kappa shape index (κ2) is 7.75. The number of amides is 1. The predicted octanol–water partition coefficient (Wildman–Crippen LogP) is 0.772. The molecule has 0 radical (unpaired) electrons. The lowest BCUT2D eigenvalue weighted by Crippen LogP contribution is -2.51. The van der Waals surface area contributed by atoms with Gasteiger partial charge in [-0.05, 0) is 32.9 Å². The van der Waals surface area contributed by atoms with Crippen LogP contribution in [-0.4, -0.2) is 71.1 Å². The lowest BCUT2D eigenvalue weighted by Gasteiger charge is -2.32. The summed E-state index contributed by atoms with van der Waals surface area (Å²) >= 11 is 0. The third-order valence-electron chi connectivity index (χ3n) is 4.38. The minimum absolute atomic E-state index is 0.0637. The summed E-state index contributed by atoms with van der Waals surface area (Å²) in [5, 5.41) is 11.8. The van der Waals surface area contributed by atoms with E-state index in [4.69, 9.17) is 5.11 Å². The number of nitrogens with zero attached hydrogens (tertiary/aromatic N) is 2. The number of carbonyl (C=O) groups is 2. The molecule has 0 saturated carbocycles. The first-order valence-electron chi connectivity index (χ1n) is 7.86. The maximum atomic E-state index is 12.7. The van der Waals surface area contributed by atoms with Gasteiger partial charge < -0.3 is 10.0 Å². The molecule has 0 aromatic rings. The number of rotatable bonds is 8. The summed E-state index contributed by atoms with van der Waals surface area (Å²) in [6, 6.07) is -0.0678. The highest BCUT2D eigenvalue weighted by atomic mass is 16.4. The van der Waals surface area contributed by atoms with E-state index in [0.29, 0.717) is 13.1 Å². The molecule has 1 heterocycles. The lowest BCUT2D eigenvalue weighted by molar-refractivity contribution is -0.136. The topological polar surface area (TPSA) is 72.9 Å². The molecule has 122 valence electrons. The molecule has 0 aromatic carbocycles. The highest BCUT2D eigenvalue weighted by molar-refractivity contribution is 5.82. The van der Waals surface area contributed by atoms with Crippen molar-refractivity contribution in [3.8, 4) is 0 Å². The van der Waals surface area contributed by atoms with Crippen molar-refractivity contribution in [3.63, 3.8) is 0 Å². The normalized spacial score (nSPS) is 23.6. The molecule has 2 atom stereocenters. The highest BCUT2D eigenvalue weighted by Crippen LogP contribution is 2.22. The molecule has 2 N–H and O–H groups in total. The monoisotopic (exact) mass is 299 g/mol. The molecule has 0 aliphatic carbocycles. The summed E-state index contributed by atoms with van der Waals surface area (Å²) in [5.41, 5.74) is -0.296. The smallest absolute Gasteiger partial charge is 0.317 e. The molecule has 1 aliphatic heterocycles. The van der Waals surface area contributed by atoms with Crippen molar-refractivity contribution in [1.29, 1.82) is 0 Å². The van der Waals surface area contributed by atoms with E-state index < -0.39 is 5.97 Å². The molecule has 1 rings (SSSR count). The van der Waals surface area contributed by atoms with Crippen LogP contribution in [0.15, 0.2) is 0 Å². The summed E-state index contributed by atoms with van der Waals surface area (Å²) in [5.74, 6) is -0.697. The van der Waals surface area contributed by atoms with E-state index in [9.17, 15) is 9.59 Å². The summed E-state index contributed by atoms with van der Waals surface area (Å²) < 4.78 is 0. The first kappa shape index (κ1) is 17.9. The van der Waals surface area contributed by atoms with E-state index in [1.54, 1.807) is 0 Å². The third-order valence-corrected chi connectivity index (χ3v) is 4.38. The van der Waals surface area contributed by atoms with Crippen molar-refractivity contribution in [2.45, 2.75) is 52.1 Å². The van der Waals surface area contributed by atoms with Gasteiger partial charge in [0.25, 0.3) is 0 Å². The van der Waals surface area contributed by atoms with Crippen molar-refractivity contribution in [3.05, 3.63) is 0 Å². The Morgan fingerprint density at radius 3 is 2.43 bits per heavy atom. The van der Waals surface area contributed by atoms with Crippen LogP contribution in [0.1, 0.15) is 40.5 Å². The fourth-order valence-corrected chi connectivity index (χ4v) is 3.05. The van der Waals surface area contributed by atoms with E-state index in [1.165, 1.54) is 0 Å². The zero-order chi connectivity index (χ0) is 16.0. The molecular formula is C15H29N3O3. The molecule has 0 bridgehead atoms. The maximum Gasteiger partial charge on any atom is 0.317 e. The molecule has 6 heteroatoms. The van der Waals surface area contributed by atoms with E-state index in [1.807, 2.05) is 18.7 Å². The van der Waals surface area contributed by atoms with Crippen LogP contribution in [0.25, 0.3) is 0 Å². The van der Waals surface area contributed by atoms with Crippen molar-refractivity contribution in [2.24, 2.45) is 0 Å². The molecule has 21 heavy (non-hydrogen) atoms.